The number of aliphatic carboxylic acids is 2. The second kappa shape index (κ2) is 25.4. The molecule has 418 valence electrons. The van der Waals surface area contributed by atoms with Gasteiger partial charge in [-0.2, -0.15) is 30.7 Å². The Hall–Kier alpha value is -7.80. The molecule has 0 aliphatic carbocycles. The Morgan fingerprint density at radius 1 is 0.584 bits per heavy atom. The average Bonchev–Trinajstić information content (AvgIpc) is 3.29. The predicted octanol–water partition coefficient (Wildman–Crippen LogP) is 11.8. The smallest absolute Gasteiger partial charge is 0.481 e. The molecule has 0 aliphatic heterocycles. The van der Waals surface area contributed by atoms with Gasteiger partial charge in [0, 0.05) is 19.4 Å². The Kier molecular flexibility index (Phi) is 20.3. The topological polar surface area (TPSA) is 175 Å². The van der Waals surface area contributed by atoms with E-state index >= 15 is 0 Å². The van der Waals surface area contributed by atoms with E-state index in [-0.39, 0.29) is 41.0 Å². The first-order chi connectivity index (χ1) is 35.6. The van der Waals surface area contributed by atoms with E-state index in [0.29, 0.717) is 30.7 Å². The maximum absolute atomic E-state index is 14.3. The molecule has 0 aliphatic rings. The standard InChI is InChI=1S/C30H30F6N2O4.C21H18F8N2O4/c1-19(2)14-25(26(39)40)37-27(41)38-28(17-20-8-4-3-5-9-20,22-11-6-10-21(15-22)18-29(31,32)33)23-12-7-13-24(16-23)42-30(34,35)36;1-19(26,27)10-30-18(34)31-20(9-16(32)33,11-2-4-13(22)5-3-11)12-6-14(23)8-15(7-12)35-21(28,29)17(24)25/h3-13,15-16,19,25H,14,17-18H2,1-2H3,(H,39,40)(H2,37,38,41);2-8,17H,9-10H2,1H3,(H,32,33)(H2,30,31,34)/t25-,28?;20-/m01/s1. The molecular formula is C51H48F14N4O8. The number of hydrogen-bond donors (Lipinski definition) is 6. The SMILES string of the molecule is CC(C)C[C@H](NC(=O)NC(Cc1ccccc1)(c1cccc(CC(F)(F)F)c1)c1cccc(OC(F)(F)F)c1)C(=O)O.CC(F)(F)CNC(=O)N[C@](CC(=O)O)(c1ccc(F)cc1)c1cc(F)cc(OC(F)(F)C(F)F)c1. The minimum Gasteiger partial charge on any atom is -0.481 e. The van der Waals surface area contributed by atoms with Crippen molar-refractivity contribution in [3.8, 4) is 11.5 Å². The lowest BCUT2D eigenvalue weighted by Crippen LogP contribution is -2.55. The fourth-order valence-corrected chi connectivity index (χ4v) is 7.74. The molecule has 0 spiro atoms. The maximum Gasteiger partial charge on any atom is 0.573 e. The van der Waals surface area contributed by atoms with Crippen molar-refractivity contribution >= 4 is 24.0 Å². The summed E-state index contributed by atoms with van der Waals surface area (Å²) in [6.07, 6.45) is -21.4. The van der Waals surface area contributed by atoms with Crippen LogP contribution in [0.3, 0.4) is 0 Å². The van der Waals surface area contributed by atoms with E-state index in [4.69, 9.17) is 0 Å². The third-order valence-corrected chi connectivity index (χ3v) is 10.8. The Labute approximate surface area is 429 Å². The number of rotatable bonds is 21. The number of urea groups is 2. The number of alkyl halides is 12. The zero-order valence-corrected chi connectivity index (χ0v) is 40.5. The van der Waals surface area contributed by atoms with Crippen LogP contribution in [0.25, 0.3) is 0 Å². The number of ether oxygens (including phenoxy) is 2. The van der Waals surface area contributed by atoms with Crippen LogP contribution in [0.5, 0.6) is 11.5 Å². The van der Waals surface area contributed by atoms with Crippen molar-refractivity contribution in [3.63, 3.8) is 0 Å². The molecule has 1 unspecified atom stereocenters. The molecule has 26 heteroatoms. The van der Waals surface area contributed by atoms with Crippen LogP contribution in [0.1, 0.15) is 67.0 Å². The van der Waals surface area contributed by atoms with Gasteiger partial charge in [0.1, 0.15) is 34.7 Å². The average molecular weight is 1110 g/mol. The van der Waals surface area contributed by atoms with Crippen molar-refractivity contribution in [2.75, 3.05) is 6.54 Å². The summed E-state index contributed by atoms with van der Waals surface area (Å²) in [4.78, 5) is 49.4. The molecule has 12 nitrogen and oxygen atoms in total. The quantitative estimate of drug-likeness (QED) is 0.0394. The number of amides is 4. The monoisotopic (exact) mass is 1110 g/mol. The zero-order valence-electron chi connectivity index (χ0n) is 40.5. The van der Waals surface area contributed by atoms with E-state index in [1.165, 1.54) is 36.4 Å². The minimum atomic E-state index is -5.06. The highest BCUT2D eigenvalue weighted by atomic mass is 19.4. The highest BCUT2D eigenvalue weighted by Crippen LogP contribution is 2.40. The predicted molar refractivity (Wildman–Crippen MR) is 247 cm³/mol. The Balaban J connectivity index is 0.000000338. The van der Waals surface area contributed by atoms with E-state index in [0.717, 1.165) is 36.4 Å². The Morgan fingerprint density at radius 3 is 1.70 bits per heavy atom. The maximum atomic E-state index is 14.3. The number of carbonyl (C=O) groups is 4. The summed E-state index contributed by atoms with van der Waals surface area (Å²) < 4.78 is 193. The third kappa shape index (κ3) is 19.1. The lowest BCUT2D eigenvalue weighted by atomic mass is 9.77. The van der Waals surface area contributed by atoms with Crippen molar-refractivity contribution in [1.29, 1.82) is 0 Å². The molecule has 0 aromatic heterocycles. The van der Waals surface area contributed by atoms with E-state index in [2.05, 4.69) is 25.4 Å². The molecule has 5 aromatic carbocycles. The molecule has 77 heavy (non-hydrogen) atoms. The van der Waals surface area contributed by atoms with Crippen LogP contribution in [0.4, 0.5) is 71.1 Å². The molecule has 5 rings (SSSR count). The number of nitrogens with one attached hydrogen (secondary N) is 4. The first-order valence-electron chi connectivity index (χ1n) is 22.6. The van der Waals surface area contributed by atoms with E-state index in [9.17, 15) is 90.9 Å². The summed E-state index contributed by atoms with van der Waals surface area (Å²) in [5.41, 5.74) is -4.37. The second-order valence-electron chi connectivity index (χ2n) is 17.8. The fourth-order valence-electron chi connectivity index (χ4n) is 7.74. The largest absolute Gasteiger partial charge is 0.573 e. The minimum absolute atomic E-state index is 0.0585. The summed E-state index contributed by atoms with van der Waals surface area (Å²) in [6.45, 7) is 2.78. The van der Waals surface area contributed by atoms with Gasteiger partial charge in [0.15, 0.2) is 0 Å². The highest BCUT2D eigenvalue weighted by molar-refractivity contribution is 5.83. The molecule has 0 bridgehead atoms. The van der Waals surface area contributed by atoms with Gasteiger partial charge >= 0.3 is 49.1 Å². The molecule has 3 atom stereocenters. The van der Waals surface area contributed by atoms with E-state index < -0.39 is 120 Å². The molecular weight excluding hydrogens is 1060 g/mol. The lowest BCUT2D eigenvalue weighted by Gasteiger charge is -2.37. The van der Waals surface area contributed by atoms with E-state index in [1.807, 2.05) is 0 Å². The van der Waals surface area contributed by atoms with Crippen LogP contribution in [0, 0.1) is 17.6 Å². The van der Waals surface area contributed by atoms with Crippen LogP contribution < -0.4 is 30.7 Å². The van der Waals surface area contributed by atoms with Crippen molar-refractivity contribution in [1.82, 2.24) is 21.3 Å². The van der Waals surface area contributed by atoms with Crippen molar-refractivity contribution < 1.29 is 100 Å². The number of carbonyl (C=O) groups excluding carboxylic acids is 2. The van der Waals surface area contributed by atoms with Crippen LogP contribution in [-0.2, 0) is 33.5 Å². The van der Waals surface area contributed by atoms with Crippen LogP contribution >= 0.6 is 0 Å². The molecule has 0 fully saturated rings. The summed E-state index contributed by atoms with van der Waals surface area (Å²) >= 11 is 0. The van der Waals surface area contributed by atoms with Gasteiger partial charge in [-0.25, -0.2) is 31.9 Å². The van der Waals surface area contributed by atoms with Crippen LogP contribution in [0.15, 0.2) is 121 Å². The Bertz CT molecular complexity index is 2740. The van der Waals surface area contributed by atoms with E-state index in [1.54, 1.807) is 49.5 Å². The molecule has 0 saturated carbocycles. The van der Waals surface area contributed by atoms with Gasteiger partial charge in [-0.1, -0.05) is 92.7 Å². The summed E-state index contributed by atoms with van der Waals surface area (Å²) in [5, 5.41) is 28.1. The number of hydrogen-bond acceptors (Lipinski definition) is 6. The summed E-state index contributed by atoms with van der Waals surface area (Å²) in [6, 6.07) is 19.8. The molecule has 0 heterocycles. The van der Waals surface area contributed by atoms with Gasteiger partial charge in [-0.15, -0.1) is 13.2 Å². The number of carboxylic acids is 2. The molecule has 4 amide bonds. The van der Waals surface area contributed by atoms with Crippen molar-refractivity contribution in [3.05, 3.63) is 166 Å². The van der Waals surface area contributed by atoms with Crippen molar-refractivity contribution in [2.45, 2.75) is 94.6 Å². The van der Waals surface area contributed by atoms with Gasteiger partial charge in [0.25, 0.3) is 5.92 Å². The molecule has 0 saturated heterocycles. The molecule has 6 N–H and O–H groups in total. The highest BCUT2D eigenvalue weighted by Gasteiger charge is 2.46. The molecule has 5 aromatic rings. The summed E-state index contributed by atoms with van der Waals surface area (Å²) in [5.74, 6) is -10.4. The van der Waals surface area contributed by atoms with Crippen LogP contribution in [0.2, 0.25) is 0 Å². The van der Waals surface area contributed by atoms with Gasteiger partial charge in [0.05, 0.1) is 24.9 Å². The third-order valence-electron chi connectivity index (χ3n) is 10.8. The first kappa shape index (κ1) is 61.7. The fraction of sp³-hybridized carbons (Fsp3) is 0.333. The number of benzene rings is 5. The normalized spacial score (nSPS) is 14.0. The van der Waals surface area contributed by atoms with Gasteiger partial charge in [-0.05, 0) is 82.1 Å². The molecule has 0 radical (unpaired) electrons. The second-order valence-corrected chi connectivity index (χ2v) is 17.8. The number of carboxylic acid groups (broad SMARTS) is 2. The van der Waals surface area contributed by atoms with Gasteiger partial charge in [-0.3, -0.25) is 4.79 Å². The van der Waals surface area contributed by atoms with Gasteiger partial charge < -0.3 is 41.0 Å². The summed E-state index contributed by atoms with van der Waals surface area (Å²) in [7, 11) is 0. The Morgan fingerprint density at radius 2 is 1.16 bits per heavy atom. The van der Waals surface area contributed by atoms with Crippen molar-refractivity contribution in [2.24, 2.45) is 5.92 Å². The van der Waals surface area contributed by atoms with Gasteiger partial charge in [0.2, 0.25) is 0 Å². The van der Waals surface area contributed by atoms with Crippen LogP contribution in [-0.4, -0.2) is 77.8 Å². The number of halogens is 14. The first-order valence-corrected chi connectivity index (χ1v) is 22.6. The zero-order chi connectivity index (χ0) is 57.7. The lowest BCUT2D eigenvalue weighted by molar-refractivity contribution is -0.274.